The lowest BCUT2D eigenvalue weighted by molar-refractivity contribution is -0.391. The fourth-order valence-electron chi connectivity index (χ4n) is 15.9. The monoisotopic (exact) mass is 1080 g/mol. The van der Waals surface area contributed by atoms with Gasteiger partial charge >= 0.3 is 0 Å². The predicted octanol–water partition coefficient (Wildman–Crippen LogP) is -2.27. The fourth-order valence-corrected chi connectivity index (χ4v) is 15.9. The fraction of sp³-hybridized carbons (Fsp3) is 1.00. The van der Waals surface area contributed by atoms with Crippen molar-refractivity contribution in [3.63, 3.8) is 0 Å². The van der Waals surface area contributed by atoms with Crippen LogP contribution in [0.3, 0.4) is 0 Å². The van der Waals surface area contributed by atoms with Gasteiger partial charge in [0.15, 0.2) is 30.9 Å². The summed E-state index contributed by atoms with van der Waals surface area (Å²) < 4.78 is 61.3. The molecule has 0 aromatic carbocycles. The summed E-state index contributed by atoms with van der Waals surface area (Å²) in [7, 11) is 1.70. The minimum Gasteiger partial charge on any atom is -0.394 e. The Labute approximate surface area is 438 Å². The maximum atomic E-state index is 12.2. The zero-order valence-electron chi connectivity index (χ0n) is 44.2. The topological polar surface area (TPSA) is 355 Å². The van der Waals surface area contributed by atoms with Gasteiger partial charge in [-0.25, -0.2) is 0 Å². The molecule has 9 aliphatic rings. The summed E-state index contributed by atoms with van der Waals surface area (Å²) >= 11 is 0. The maximum absolute atomic E-state index is 12.2. The molecule has 33 atom stereocenters. The summed E-state index contributed by atoms with van der Waals surface area (Å²) in [5.41, 5.74) is -0.275. The Bertz CT molecular complexity index is 1890. The summed E-state index contributed by atoms with van der Waals surface area (Å²) in [6.07, 6.45) is -24.5. The first kappa shape index (κ1) is 58.7. The highest BCUT2D eigenvalue weighted by Gasteiger charge is 2.69. The number of aliphatic hydroxyl groups is 13. The van der Waals surface area contributed by atoms with E-state index in [2.05, 4.69) is 20.8 Å². The lowest BCUT2D eigenvalue weighted by Crippen LogP contribution is -2.67. The van der Waals surface area contributed by atoms with Gasteiger partial charge < -0.3 is 114 Å². The van der Waals surface area contributed by atoms with Gasteiger partial charge in [0.2, 0.25) is 0 Å². The molecule has 5 saturated heterocycles. The van der Waals surface area contributed by atoms with Gasteiger partial charge in [0.05, 0.1) is 50.3 Å². The molecular formula is C52H88O23. The third-order valence-corrected chi connectivity index (χ3v) is 20.4. The summed E-state index contributed by atoms with van der Waals surface area (Å²) in [6.45, 7) is 10.8. The van der Waals surface area contributed by atoms with Crippen LogP contribution < -0.4 is 0 Å². The Kier molecular flexibility index (Phi) is 17.8. The van der Waals surface area contributed by atoms with E-state index in [1.807, 2.05) is 6.92 Å². The standard InChI is InChI=1S/C52H88O23/c1-20(19-67-46-40(62)39(61)36(58)31(17-53)71-46)10-13-52(66-7)21(2)33-30(75-52)15-27-25-9-8-24-14-29(28(55)16-51(24,6)26(25)11-12-50(27,33)5)70-49-45(74-48-42(64)38(60)35(57)23(4)69-48)43(65)44(32(18-54)72-49)73-47-41(63)37(59)34(56)22(3)68-47/h20-49,53-65H,8-19H2,1-7H3. The van der Waals surface area contributed by atoms with Crippen molar-refractivity contribution in [2.24, 2.45) is 52.3 Å². The van der Waals surface area contributed by atoms with E-state index >= 15 is 0 Å². The Hall–Kier alpha value is -0.920. The average Bonchev–Trinajstić information content (AvgIpc) is 3.85. The van der Waals surface area contributed by atoms with E-state index in [1.165, 1.54) is 13.8 Å². The van der Waals surface area contributed by atoms with Crippen molar-refractivity contribution in [2.75, 3.05) is 26.9 Å². The lowest BCUT2D eigenvalue weighted by atomic mass is 9.44. The molecule has 0 aromatic rings. The molecule has 0 bridgehead atoms. The van der Waals surface area contributed by atoms with Crippen molar-refractivity contribution in [1.29, 1.82) is 0 Å². The lowest BCUT2D eigenvalue weighted by Gasteiger charge is -2.62. The molecule has 23 heteroatoms. The molecule has 23 nitrogen and oxygen atoms in total. The van der Waals surface area contributed by atoms with E-state index in [1.54, 1.807) is 7.11 Å². The molecule has 4 saturated carbocycles. The Balaban J connectivity index is 0.852. The van der Waals surface area contributed by atoms with Gasteiger partial charge in [-0.15, -0.1) is 0 Å². The van der Waals surface area contributed by atoms with E-state index in [0.29, 0.717) is 43.4 Å². The number of hydrogen-bond acceptors (Lipinski definition) is 23. The molecule has 13 N–H and O–H groups in total. The first-order valence-corrected chi connectivity index (χ1v) is 27.6. The minimum absolute atomic E-state index is 0.0108. The second kappa shape index (κ2) is 22.8. The van der Waals surface area contributed by atoms with Crippen LogP contribution in [0.2, 0.25) is 0 Å². The third-order valence-electron chi connectivity index (χ3n) is 20.4. The molecular weight excluding hydrogens is 993 g/mol. The number of aliphatic hydroxyl groups excluding tert-OH is 13. The highest BCUT2D eigenvalue weighted by molar-refractivity contribution is 5.16. The van der Waals surface area contributed by atoms with Gasteiger partial charge in [0.1, 0.15) is 85.5 Å². The first-order valence-electron chi connectivity index (χ1n) is 27.6. The van der Waals surface area contributed by atoms with Crippen LogP contribution >= 0.6 is 0 Å². The SMILES string of the molecule is COC1(CCC(C)COC2OC(CO)C(O)C(O)C2O)OC2CC3C4CCC5CC(OC6OC(CO)C(OC7OC(C)C(O)C(O)C7O)C(O)C6OC6OC(C)C(O)C(O)C6O)C(O)CC5(C)C4CCC3(C)C2C1C. The van der Waals surface area contributed by atoms with Gasteiger partial charge in [0.25, 0.3) is 0 Å². The summed E-state index contributed by atoms with van der Waals surface area (Å²) in [4.78, 5) is 0. The predicted molar refractivity (Wildman–Crippen MR) is 255 cm³/mol. The molecule has 75 heavy (non-hydrogen) atoms. The van der Waals surface area contributed by atoms with Gasteiger partial charge in [-0.1, -0.05) is 27.7 Å². The smallest absolute Gasteiger partial charge is 0.187 e. The number of methoxy groups -OCH3 is 1. The van der Waals surface area contributed by atoms with Crippen LogP contribution in [-0.2, 0) is 47.4 Å². The summed E-state index contributed by atoms with van der Waals surface area (Å²) in [5.74, 6) is 0.710. The van der Waals surface area contributed by atoms with Crippen LogP contribution in [-0.4, -0.2) is 240 Å². The Morgan fingerprint density at radius 1 is 0.587 bits per heavy atom. The molecule has 0 spiro atoms. The highest BCUT2D eigenvalue weighted by atomic mass is 16.8. The zero-order valence-corrected chi connectivity index (χ0v) is 44.2. The molecule has 9 fully saturated rings. The van der Waals surface area contributed by atoms with Crippen molar-refractivity contribution in [3.05, 3.63) is 0 Å². The molecule has 5 heterocycles. The zero-order chi connectivity index (χ0) is 54.4. The van der Waals surface area contributed by atoms with Crippen molar-refractivity contribution >= 4 is 0 Å². The highest BCUT2D eigenvalue weighted by Crippen LogP contribution is 2.71. The Morgan fingerprint density at radius 2 is 1.17 bits per heavy atom. The van der Waals surface area contributed by atoms with Gasteiger partial charge in [0, 0.05) is 19.4 Å². The quantitative estimate of drug-likeness (QED) is 0.0769. The second-order valence-corrected chi connectivity index (χ2v) is 24.6. The van der Waals surface area contributed by atoms with E-state index in [-0.39, 0.29) is 47.2 Å². The van der Waals surface area contributed by atoms with Crippen LogP contribution in [0.15, 0.2) is 0 Å². The summed E-state index contributed by atoms with van der Waals surface area (Å²) in [5, 5.41) is 139. The Morgan fingerprint density at radius 3 is 1.79 bits per heavy atom. The number of fused-ring (bicyclic) bond motifs is 7. The molecule has 4 aliphatic carbocycles. The minimum atomic E-state index is -1.79. The first-order chi connectivity index (χ1) is 35.4. The number of hydrogen-bond donors (Lipinski definition) is 13. The molecule has 5 aliphatic heterocycles. The number of rotatable bonds is 15. The molecule has 33 unspecified atom stereocenters. The van der Waals surface area contributed by atoms with Crippen molar-refractivity contribution in [3.8, 4) is 0 Å². The van der Waals surface area contributed by atoms with Crippen molar-refractivity contribution < 1.29 is 114 Å². The number of ether oxygens (including phenoxy) is 10. The van der Waals surface area contributed by atoms with Crippen LogP contribution in [0.25, 0.3) is 0 Å². The third kappa shape index (κ3) is 10.4. The van der Waals surface area contributed by atoms with Crippen LogP contribution in [0, 0.1) is 52.3 Å². The van der Waals surface area contributed by atoms with E-state index in [9.17, 15) is 66.4 Å². The normalized spacial score (nSPS) is 56.4. The van der Waals surface area contributed by atoms with Crippen LogP contribution in [0.4, 0.5) is 0 Å². The van der Waals surface area contributed by atoms with Crippen LogP contribution in [0.1, 0.15) is 99.3 Å². The van der Waals surface area contributed by atoms with Crippen molar-refractivity contribution in [2.45, 2.75) is 246 Å². The van der Waals surface area contributed by atoms with Gasteiger partial charge in [-0.2, -0.15) is 0 Å². The van der Waals surface area contributed by atoms with Crippen molar-refractivity contribution in [1.82, 2.24) is 0 Å². The van der Waals surface area contributed by atoms with Gasteiger partial charge in [-0.3, -0.25) is 0 Å². The average molecular weight is 1080 g/mol. The molecule has 0 radical (unpaired) electrons. The van der Waals surface area contributed by atoms with E-state index < -0.39 is 154 Å². The maximum Gasteiger partial charge on any atom is 0.187 e. The molecule has 0 amide bonds. The van der Waals surface area contributed by atoms with Gasteiger partial charge in [-0.05, 0) is 112 Å². The summed E-state index contributed by atoms with van der Waals surface area (Å²) in [6, 6.07) is 0. The van der Waals surface area contributed by atoms with E-state index in [0.717, 1.165) is 32.1 Å². The molecule has 434 valence electrons. The van der Waals surface area contributed by atoms with E-state index in [4.69, 9.17) is 47.4 Å². The molecule has 0 aromatic heterocycles. The molecule has 9 rings (SSSR count). The second-order valence-electron chi connectivity index (χ2n) is 24.6. The van der Waals surface area contributed by atoms with Crippen LogP contribution in [0.5, 0.6) is 0 Å². The largest absolute Gasteiger partial charge is 0.394 e.